The molecule has 0 bridgehead atoms. The molecule has 0 spiro atoms. The third kappa shape index (κ3) is 7.95. The summed E-state index contributed by atoms with van der Waals surface area (Å²) in [7, 11) is 0. The summed E-state index contributed by atoms with van der Waals surface area (Å²) in [5.74, 6) is -0.744. The zero-order valence-electron chi connectivity index (χ0n) is 21.8. The molecule has 1 aromatic heterocycles. The molecule has 7 nitrogen and oxygen atoms in total. The van der Waals surface area contributed by atoms with Crippen LogP contribution in [0.1, 0.15) is 23.6 Å². The molecule has 0 aliphatic carbocycles. The number of benzene rings is 3. The van der Waals surface area contributed by atoms with Crippen molar-refractivity contribution < 1.29 is 32.2 Å². The monoisotopic (exact) mass is 582 g/mol. The minimum atomic E-state index is -4.63. The fourth-order valence-electron chi connectivity index (χ4n) is 3.82. The fourth-order valence-corrected chi connectivity index (χ4v) is 4.84. The van der Waals surface area contributed by atoms with Crippen LogP contribution in [0, 0.1) is 0 Å². The van der Waals surface area contributed by atoms with Gasteiger partial charge in [-0.2, -0.15) is 13.2 Å². The maximum atomic E-state index is 13.5. The van der Waals surface area contributed by atoms with E-state index in [1.165, 1.54) is 18.2 Å². The highest BCUT2D eigenvalue weighted by atomic mass is 32.1. The first kappa shape index (κ1) is 29.3. The Morgan fingerprint density at radius 3 is 2.34 bits per heavy atom. The van der Waals surface area contributed by atoms with Gasteiger partial charge in [0, 0.05) is 5.69 Å². The standard InChI is InChI=1S/C30H25F3N2O5S/c1-2-39-28(37)17-27-35(29(38)25(41-27)16-21-10-6-7-11-24(21)30(31,32)33)18-26(36)34-22-12-14-23(15-13-22)40-19-20-8-4-3-5-9-20/h3-17H,2,18-19H2,1H3,(H,34,36)/b25-16-,27-17+. The van der Waals surface area contributed by atoms with Gasteiger partial charge in [-0.25, -0.2) is 4.79 Å². The average Bonchev–Trinajstić information content (AvgIpc) is 3.21. The summed E-state index contributed by atoms with van der Waals surface area (Å²) in [6.45, 7) is 1.57. The molecule has 0 saturated carbocycles. The van der Waals surface area contributed by atoms with Crippen LogP contribution >= 0.6 is 11.3 Å². The molecule has 0 atom stereocenters. The minimum Gasteiger partial charge on any atom is -0.489 e. The maximum absolute atomic E-state index is 13.5. The number of thiazole rings is 1. The van der Waals surface area contributed by atoms with Gasteiger partial charge in [0.05, 0.1) is 22.8 Å². The van der Waals surface area contributed by atoms with Crippen molar-refractivity contribution in [2.45, 2.75) is 26.3 Å². The van der Waals surface area contributed by atoms with E-state index in [-0.39, 0.29) is 21.4 Å². The van der Waals surface area contributed by atoms with E-state index in [0.717, 1.165) is 39.7 Å². The first-order chi connectivity index (χ1) is 19.6. The van der Waals surface area contributed by atoms with Crippen LogP contribution in [0.2, 0.25) is 0 Å². The number of nitrogens with one attached hydrogen (secondary N) is 1. The van der Waals surface area contributed by atoms with Gasteiger partial charge in [-0.15, -0.1) is 11.3 Å². The number of ether oxygens (including phenoxy) is 2. The molecule has 1 N–H and O–H groups in total. The lowest BCUT2D eigenvalue weighted by Gasteiger charge is -2.09. The van der Waals surface area contributed by atoms with Crippen LogP contribution in [0.15, 0.2) is 83.7 Å². The number of rotatable bonds is 9. The maximum Gasteiger partial charge on any atom is 0.416 e. The highest BCUT2D eigenvalue weighted by Crippen LogP contribution is 2.32. The lowest BCUT2D eigenvalue weighted by Crippen LogP contribution is -2.36. The third-order valence-corrected chi connectivity index (χ3v) is 6.77. The SMILES string of the molecule is CCOC(=O)/C=c1/s/c(=C\c2ccccc2C(F)(F)F)c(=O)n1CC(=O)Nc1ccc(OCc2ccccc2)cc1. The van der Waals surface area contributed by atoms with Crippen molar-refractivity contribution in [3.8, 4) is 5.75 Å². The summed E-state index contributed by atoms with van der Waals surface area (Å²) < 4.78 is 52.1. The van der Waals surface area contributed by atoms with E-state index in [4.69, 9.17) is 9.47 Å². The van der Waals surface area contributed by atoms with Crippen molar-refractivity contribution in [3.05, 3.63) is 115 Å². The lowest BCUT2D eigenvalue weighted by atomic mass is 10.1. The van der Waals surface area contributed by atoms with Gasteiger partial charge in [0.1, 0.15) is 23.6 Å². The van der Waals surface area contributed by atoms with Gasteiger partial charge in [-0.1, -0.05) is 48.5 Å². The number of aromatic nitrogens is 1. The Hall–Kier alpha value is -4.64. The summed E-state index contributed by atoms with van der Waals surface area (Å²) >= 11 is 0.783. The van der Waals surface area contributed by atoms with Crippen molar-refractivity contribution in [2.24, 2.45) is 0 Å². The summed E-state index contributed by atoms with van der Waals surface area (Å²) in [6, 6.07) is 21.1. The predicted octanol–water partition coefficient (Wildman–Crippen LogP) is 4.32. The zero-order valence-corrected chi connectivity index (χ0v) is 22.6. The van der Waals surface area contributed by atoms with Gasteiger partial charge in [0.25, 0.3) is 5.56 Å². The Morgan fingerprint density at radius 2 is 1.66 bits per heavy atom. The van der Waals surface area contributed by atoms with Crippen molar-refractivity contribution >= 4 is 41.1 Å². The van der Waals surface area contributed by atoms with Gasteiger partial charge in [0.15, 0.2) is 0 Å². The third-order valence-electron chi connectivity index (χ3n) is 5.71. The summed E-state index contributed by atoms with van der Waals surface area (Å²) in [5.41, 5.74) is -0.411. The number of hydrogen-bond acceptors (Lipinski definition) is 6. The van der Waals surface area contributed by atoms with E-state index >= 15 is 0 Å². The molecule has 11 heteroatoms. The normalized spacial score (nSPS) is 12.3. The first-order valence-corrected chi connectivity index (χ1v) is 13.3. The molecular formula is C30H25F3N2O5S. The fraction of sp³-hybridized carbons (Fsp3) is 0.167. The number of anilines is 1. The number of halogens is 3. The summed E-state index contributed by atoms with van der Waals surface area (Å²) in [4.78, 5) is 38.2. The van der Waals surface area contributed by atoms with Crippen LogP contribution in [-0.2, 0) is 33.7 Å². The number of carbonyl (C=O) groups excluding carboxylic acids is 2. The van der Waals surface area contributed by atoms with Gasteiger partial charge in [-0.05, 0) is 54.5 Å². The predicted molar refractivity (Wildman–Crippen MR) is 150 cm³/mol. The van der Waals surface area contributed by atoms with Crippen LogP contribution in [0.4, 0.5) is 18.9 Å². The van der Waals surface area contributed by atoms with Crippen molar-refractivity contribution in [3.63, 3.8) is 0 Å². The van der Waals surface area contributed by atoms with E-state index in [2.05, 4.69) is 5.32 Å². The Balaban J connectivity index is 1.57. The van der Waals surface area contributed by atoms with Gasteiger partial charge in [0.2, 0.25) is 5.91 Å². The average molecular weight is 583 g/mol. The number of hydrogen-bond donors (Lipinski definition) is 1. The van der Waals surface area contributed by atoms with E-state index in [0.29, 0.717) is 18.0 Å². The van der Waals surface area contributed by atoms with Crippen LogP contribution in [0.3, 0.4) is 0 Å². The quantitative estimate of drug-likeness (QED) is 0.297. The van der Waals surface area contributed by atoms with Gasteiger partial charge < -0.3 is 14.8 Å². The second-order valence-corrected chi connectivity index (χ2v) is 9.73. The zero-order chi connectivity index (χ0) is 29.4. The molecule has 0 aliphatic heterocycles. The van der Waals surface area contributed by atoms with Crippen molar-refractivity contribution in [1.82, 2.24) is 4.57 Å². The van der Waals surface area contributed by atoms with E-state index < -0.39 is 35.7 Å². The molecule has 1 amide bonds. The highest BCUT2D eigenvalue weighted by Gasteiger charge is 2.32. The van der Waals surface area contributed by atoms with Crippen LogP contribution < -0.4 is 24.8 Å². The van der Waals surface area contributed by atoms with Gasteiger partial charge >= 0.3 is 12.1 Å². The molecule has 41 heavy (non-hydrogen) atoms. The Morgan fingerprint density at radius 1 is 0.976 bits per heavy atom. The number of carbonyl (C=O) groups is 2. The molecule has 0 aliphatic rings. The van der Waals surface area contributed by atoms with E-state index in [9.17, 15) is 27.6 Å². The van der Waals surface area contributed by atoms with Crippen molar-refractivity contribution in [1.29, 1.82) is 0 Å². The van der Waals surface area contributed by atoms with Crippen LogP contribution in [-0.4, -0.2) is 23.1 Å². The largest absolute Gasteiger partial charge is 0.489 e. The van der Waals surface area contributed by atoms with Crippen molar-refractivity contribution in [2.75, 3.05) is 11.9 Å². The molecule has 0 fully saturated rings. The smallest absolute Gasteiger partial charge is 0.416 e. The first-order valence-electron chi connectivity index (χ1n) is 12.5. The molecule has 1 heterocycles. The summed E-state index contributed by atoms with van der Waals surface area (Å²) in [6.07, 6.45) is -2.50. The van der Waals surface area contributed by atoms with E-state index in [1.807, 2.05) is 30.3 Å². The van der Waals surface area contributed by atoms with Crippen LogP contribution in [0.25, 0.3) is 12.2 Å². The number of amides is 1. The highest BCUT2D eigenvalue weighted by molar-refractivity contribution is 7.07. The molecule has 3 aromatic carbocycles. The molecule has 0 unspecified atom stereocenters. The molecular weight excluding hydrogens is 557 g/mol. The molecule has 0 saturated heterocycles. The molecule has 212 valence electrons. The second kappa shape index (κ2) is 13.1. The number of esters is 1. The van der Waals surface area contributed by atoms with E-state index in [1.54, 1.807) is 31.2 Å². The lowest BCUT2D eigenvalue weighted by molar-refractivity contribution is -0.138. The van der Waals surface area contributed by atoms with Crippen LogP contribution in [0.5, 0.6) is 5.75 Å². The molecule has 4 aromatic rings. The molecule has 0 radical (unpaired) electrons. The van der Waals surface area contributed by atoms with Gasteiger partial charge in [-0.3, -0.25) is 14.2 Å². The minimum absolute atomic E-state index is 0.0593. The summed E-state index contributed by atoms with van der Waals surface area (Å²) in [5, 5.41) is 2.67. The second-order valence-electron chi connectivity index (χ2n) is 8.67. The topological polar surface area (TPSA) is 86.6 Å². The Bertz CT molecular complexity index is 1700. The number of alkyl halides is 3. The Kier molecular flexibility index (Phi) is 9.41. The molecule has 4 rings (SSSR count). The number of nitrogens with zero attached hydrogens (tertiary/aromatic N) is 1. The Labute approximate surface area is 236 Å².